The van der Waals surface area contributed by atoms with Gasteiger partial charge in [-0.2, -0.15) is 4.31 Å². The predicted octanol–water partition coefficient (Wildman–Crippen LogP) is 0.406. The van der Waals surface area contributed by atoms with Gasteiger partial charge in [0.05, 0.1) is 25.1 Å². The van der Waals surface area contributed by atoms with Crippen LogP contribution in [0, 0.1) is 0 Å². The fraction of sp³-hybridized carbons (Fsp3) is 0.625. The highest BCUT2D eigenvalue weighted by molar-refractivity contribution is 7.89. The second kappa shape index (κ2) is 9.12. The van der Waals surface area contributed by atoms with E-state index in [1.165, 1.54) is 11.4 Å². The molecule has 1 amide bonds. The maximum atomic E-state index is 12.5. The lowest BCUT2D eigenvalue weighted by Gasteiger charge is -2.22. The number of carbonyl (C=O) groups is 1. The summed E-state index contributed by atoms with van der Waals surface area (Å²) in [7, 11) is -1.98. The number of nitrogens with one attached hydrogen (secondary N) is 1. The summed E-state index contributed by atoms with van der Waals surface area (Å²) in [6.07, 6.45) is 3.60. The standard InChI is InChI=1S/C16H25N3O5S/c1-3-9-25(21,22)19-12-14(24-13-5-4-6-17-11-13)10-15(19)16(20)18-7-8-23-2/h4-6,11,14-15H,3,7-10,12H2,1-2H3,(H,18,20)/t14-,15+/m0/s1. The van der Waals surface area contributed by atoms with Crippen LogP contribution in [0.25, 0.3) is 0 Å². The van der Waals surface area contributed by atoms with Crippen molar-refractivity contribution in [3.05, 3.63) is 24.5 Å². The van der Waals surface area contributed by atoms with Gasteiger partial charge in [-0.1, -0.05) is 6.92 Å². The summed E-state index contributed by atoms with van der Waals surface area (Å²) in [5.41, 5.74) is 0. The van der Waals surface area contributed by atoms with E-state index in [1.54, 1.807) is 31.5 Å². The fourth-order valence-corrected chi connectivity index (χ4v) is 4.49. The monoisotopic (exact) mass is 371 g/mol. The minimum absolute atomic E-state index is 0.00840. The highest BCUT2D eigenvalue weighted by Crippen LogP contribution is 2.26. The van der Waals surface area contributed by atoms with E-state index in [0.29, 0.717) is 31.7 Å². The van der Waals surface area contributed by atoms with Crippen molar-refractivity contribution >= 4 is 15.9 Å². The van der Waals surface area contributed by atoms with E-state index in [-0.39, 0.29) is 18.2 Å². The zero-order valence-electron chi connectivity index (χ0n) is 14.6. The molecule has 0 spiro atoms. The molecule has 1 aromatic heterocycles. The van der Waals surface area contributed by atoms with Crippen molar-refractivity contribution < 1.29 is 22.7 Å². The number of nitrogens with zero attached hydrogens (tertiary/aromatic N) is 2. The largest absolute Gasteiger partial charge is 0.487 e. The SMILES string of the molecule is CCCS(=O)(=O)N1C[C@@H](Oc2cccnc2)C[C@@H]1C(=O)NCCOC. The quantitative estimate of drug-likeness (QED) is 0.631. The van der Waals surface area contributed by atoms with Crippen molar-refractivity contribution in [2.24, 2.45) is 0 Å². The molecule has 2 rings (SSSR count). The lowest BCUT2D eigenvalue weighted by atomic mass is 10.2. The first-order chi connectivity index (χ1) is 12.0. The predicted molar refractivity (Wildman–Crippen MR) is 92.7 cm³/mol. The molecule has 1 fully saturated rings. The number of sulfonamides is 1. The van der Waals surface area contributed by atoms with Crippen LogP contribution in [0.3, 0.4) is 0 Å². The Hall–Kier alpha value is -1.71. The zero-order chi connectivity index (χ0) is 18.3. The number of hydrogen-bond acceptors (Lipinski definition) is 6. The molecule has 1 aliphatic heterocycles. The Balaban J connectivity index is 2.11. The first-order valence-electron chi connectivity index (χ1n) is 8.30. The van der Waals surface area contributed by atoms with E-state index in [9.17, 15) is 13.2 Å². The lowest BCUT2D eigenvalue weighted by Crippen LogP contribution is -2.47. The van der Waals surface area contributed by atoms with Gasteiger partial charge in [0.25, 0.3) is 0 Å². The minimum atomic E-state index is -3.51. The molecule has 1 N–H and O–H groups in total. The van der Waals surface area contributed by atoms with Crippen LogP contribution >= 0.6 is 0 Å². The van der Waals surface area contributed by atoms with Gasteiger partial charge in [0, 0.05) is 26.3 Å². The Kier molecular flexibility index (Phi) is 7.15. The number of amides is 1. The lowest BCUT2D eigenvalue weighted by molar-refractivity contribution is -0.124. The first kappa shape index (κ1) is 19.6. The molecule has 140 valence electrons. The smallest absolute Gasteiger partial charge is 0.238 e. The van der Waals surface area contributed by atoms with Gasteiger partial charge in [-0.3, -0.25) is 9.78 Å². The summed E-state index contributed by atoms with van der Waals surface area (Å²) >= 11 is 0. The second-order valence-electron chi connectivity index (χ2n) is 5.85. The Morgan fingerprint density at radius 3 is 2.92 bits per heavy atom. The summed E-state index contributed by atoms with van der Waals surface area (Å²) in [5, 5.41) is 2.72. The molecule has 1 aromatic rings. The molecular weight excluding hydrogens is 346 g/mol. The Labute approximate surface area is 148 Å². The van der Waals surface area contributed by atoms with E-state index in [0.717, 1.165) is 0 Å². The van der Waals surface area contributed by atoms with Gasteiger partial charge in [-0.25, -0.2) is 8.42 Å². The van der Waals surface area contributed by atoms with Gasteiger partial charge in [0.2, 0.25) is 15.9 Å². The third-order valence-corrected chi connectivity index (χ3v) is 5.92. The normalized spacial score (nSPS) is 21.2. The second-order valence-corrected chi connectivity index (χ2v) is 7.89. The third-order valence-electron chi connectivity index (χ3n) is 3.88. The zero-order valence-corrected chi connectivity index (χ0v) is 15.4. The van der Waals surface area contributed by atoms with Gasteiger partial charge in [0.15, 0.2) is 0 Å². The first-order valence-corrected chi connectivity index (χ1v) is 9.91. The molecule has 25 heavy (non-hydrogen) atoms. The number of hydrogen-bond donors (Lipinski definition) is 1. The van der Waals surface area contributed by atoms with E-state index in [1.807, 2.05) is 0 Å². The molecule has 1 aliphatic rings. The maximum absolute atomic E-state index is 12.5. The summed E-state index contributed by atoms with van der Waals surface area (Å²) in [6.45, 7) is 2.65. The van der Waals surface area contributed by atoms with Gasteiger partial charge in [-0.05, 0) is 18.6 Å². The third kappa shape index (κ3) is 5.38. The number of ether oxygens (including phenoxy) is 2. The molecule has 0 bridgehead atoms. The average Bonchev–Trinajstić information content (AvgIpc) is 3.01. The maximum Gasteiger partial charge on any atom is 0.238 e. The van der Waals surface area contributed by atoms with Crippen molar-refractivity contribution in [2.75, 3.05) is 32.6 Å². The summed E-state index contributed by atoms with van der Waals surface area (Å²) in [6, 6.07) is 2.73. The average molecular weight is 371 g/mol. The van der Waals surface area contributed by atoms with Crippen LogP contribution in [0.5, 0.6) is 5.75 Å². The van der Waals surface area contributed by atoms with Gasteiger partial charge in [-0.15, -0.1) is 0 Å². The van der Waals surface area contributed by atoms with Crippen LogP contribution in [-0.2, 0) is 19.6 Å². The summed E-state index contributed by atoms with van der Waals surface area (Å²) in [4.78, 5) is 16.4. The van der Waals surface area contributed by atoms with Crippen LogP contribution in [0.2, 0.25) is 0 Å². The van der Waals surface area contributed by atoms with E-state index in [2.05, 4.69) is 10.3 Å². The van der Waals surface area contributed by atoms with Crippen LogP contribution in [-0.4, -0.2) is 68.3 Å². The molecule has 9 heteroatoms. The van der Waals surface area contributed by atoms with Crippen molar-refractivity contribution in [1.82, 2.24) is 14.6 Å². The topological polar surface area (TPSA) is 97.8 Å². The Morgan fingerprint density at radius 1 is 1.48 bits per heavy atom. The number of pyridine rings is 1. The minimum Gasteiger partial charge on any atom is -0.487 e. The van der Waals surface area contributed by atoms with Crippen molar-refractivity contribution in [2.45, 2.75) is 31.9 Å². The number of carbonyl (C=O) groups excluding carboxylic acids is 1. The van der Waals surface area contributed by atoms with Crippen molar-refractivity contribution in [3.63, 3.8) is 0 Å². The molecule has 2 heterocycles. The van der Waals surface area contributed by atoms with Crippen LogP contribution in [0.15, 0.2) is 24.5 Å². The van der Waals surface area contributed by atoms with E-state index in [4.69, 9.17) is 9.47 Å². The molecule has 8 nitrogen and oxygen atoms in total. The molecule has 0 aliphatic carbocycles. The highest BCUT2D eigenvalue weighted by Gasteiger charge is 2.43. The Bertz CT molecular complexity index is 653. The van der Waals surface area contributed by atoms with Gasteiger partial charge >= 0.3 is 0 Å². The van der Waals surface area contributed by atoms with Crippen LogP contribution in [0.4, 0.5) is 0 Å². The van der Waals surface area contributed by atoms with Crippen molar-refractivity contribution in [3.8, 4) is 5.75 Å². The molecule has 0 aromatic carbocycles. The Morgan fingerprint density at radius 2 is 2.28 bits per heavy atom. The van der Waals surface area contributed by atoms with E-state index < -0.39 is 22.2 Å². The summed E-state index contributed by atoms with van der Waals surface area (Å²) in [5.74, 6) is 0.240. The molecule has 2 atom stereocenters. The molecule has 0 unspecified atom stereocenters. The fourth-order valence-electron chi connectivity index (χ4n) is 2.78. The van der Waals surface area contributed by atoms with Gasteiger partial charge in [0.1, 0.15) is 17.9 Å². The number of methoxy groups -OCH3 is 1. The molecular formula is C16H25N3O5S. The highest BCUT2D eigenvalue weighted by atomic mass is 32.2. The molecule has 0 saturated carbocycles. The molecule has 0 radical (unpaired) electrons. The van der Waals surface area contributed by atoms with Crippen molar-refractivity contribution in [1.29, 1.82) is 0 Å². The van der Waals surface area contributed by atoms with Crippen LogP contribution < -0.4 is 10.1 Å². The molecule has 1 saturated heterocycles. The summed E-state index contributed by atoms with van der Waals surface area (Å²) < 4.78 is 37.0. The number of rotatable bonds is 9. The van der Waals surface area contributed by atoms with Crippen LogP contribution in [0.1, 0.15) is 19.8 Å². The number of aromatic nitrogens is 1. The van der Waals surface area contributed by atoms with Gasteiger partial charge < -0.3 is 14.8 Å². The van der Waals surface area contributed by atoms with E-state index >= 15 is 0 Å².